The molecule has 2 amide bonds. The quantitative estimate of drug-likeness (QED) is 0.204. The highest BCUT2D eigenvalue weighted by atomic mass is 32.2. The normalized spacial score (nSPS) is 15.3. The van der Waals surface area contributed by atoms with E-state index in [0.717, 1.165) is 45.5 Å². The van der Waals surface area contributed by atoms with Crippen LogP contribution in [0.1, 0.15) is 41.3 Å². The van der Waals surface area contributed by atoms with Crippen molar-refractivity contribution in [2.45, 2.75) is 44.8 Å². The fourth-order valence-corrected chi connectivity index (χ4v) is 5.95. The van der Waals surface area contributed by atoms with E-state index in [1.807, 2.05) is 78.2 Å². The molecule has 1 atom stereocenters. The molecule has 2 heterocycles. The Hall–Kier alpha value is -3.91. The van der Waals surface area contributed by atoms with Crippen molar-refractivity contribution in [1.82, 2.24) is 24.6 Å². The van der Waals surface area contributed by atoms with Crippen LogP contribution in [0.2, 0.25) is 0 Å². The first-order chi connectivity index (χ1) is 19.4. The molecule has 4 aromatic rings. The van der Waals surface area contributed by atoms with E-state index < -0.39 is 0 Å². The van der Waals surface area contributed by atoms with Gasteiger partial charge in [0.2, 0.25) is 5.91 Å². The predicted octanol–water partition coefficient (Wildman–Crippen LogP) is 5.80. The SMILES string of the molecule is Cc1ccc(-n2c(SCCCC(=O)N3CCN(C(=O)c4ccccc4C)C(C)C3)nnc2-c2ccccc2)cc1. The molecule has 1 unspecified atom stereocenters. The molecule has 7 nitrogen and oxygen atoms in total. The second kappa shape index (κ2) is 12.5. The molecule has 3 aromatic carbocycles. The van der Waals surface area contributed by atoms with Crippen LogP contribution in [-0.2, 0) is 4.79 Å². The highest BCUT2D eigenvalue weighted by Gasteiger charge is 2.30. The summed E-state index contributed by atoms with van der Waals surface area (Å²) >= 11 is 1.62. The van der Waals surface area contributed by atoms with Crippen molar-refractivity contribution >= 4 is 23.6 Å². The molecule has 5 rings (SSSR count). The van der Waals surface area contributed by atoms with E-state index >= 15 is 0 Å². The lowest BCUT2D eigenvalue weighted by molar-refractivity contribution is -0.133. The maximum absolute atomic E-state index is 13.1. The average Bonchev–Trinajstić information content (AvgIpc) is 3.40. The molecule has 0 saturated carbocycles. The van der Waals surface area contributed by atoms with Crippen molar-refractivity contribution in [3.05, 3.63) is 95.6 Å². The molecule has 0 spiro atoms. The number of hydrogen-bond donors (Lipinski definition) is 0. The number of benzene rings is 3. The Kier molecular flexibility index (Phi) is 8.65. The van der Waals surface area contributed by atoms with Crippen LogP contribution in [0, 0.1) is 13.8 Å². The summed E-state index contributed by atoms with van der Waals surface area (Å²) in [5, 5.41) is 9.83. The molecule has 1 aliphatic rings. The maximum atomic E-state index is 13.1. The van der Waals surface area contributed by atoms with Crippen molar-refractivity contribution < 1.29 is 9.59 Å². The van der Waals surface area contributed by atoms with E-state index in [0.29, 0.717) is 26.1 Å². The highest BCUT2D eigenvalue weighted by molar-refractivity contribution is 7.99. The Morgan fingerprint density at radius 1 is 0.900 bits per heavy atom. The second-order valence-electron chi connectivity index (χ2n) is 10.3. The van der Waals surface area contributed by atoms with Gasteiger partial charge in [0.25, 0.3) is 5.91 Å². The average molecular weight is 554 g/mol. The van der Waals surface area contributed by atoms with Crippen LogP contribution >= 0.6 is 11.8 Å². The van der Waals surface area contributed by atoms with Gasteiger partial charge in [-0.1, -0.05) is 78.0 Å². The number of rotatable bonds is 8. The maximum Gasteiger partial charge on any atom is 0.254 e. The summed E-state index contributed by atoms with van der Waals surface area (Å²) in [6.07, 6.45) is 1.21. The van der Waals surface area contributed by atoms with Crippen LogP contribution in [0.25, 0.3) is 17.1 Å². The number of aromatic nitrogens is 3. The van der Waals surface area contributed by atoms with Gasteiger partial charge in [0.1, 0.15) is 0 Å². The summed E-state index contributed by atoms with van der Waals surface area (Å²) in [5.74, 6) is 1.74. The highest BCUT2D eigenvalue weighted by Crippen LogP contribution is 2.29. The summed E-state index contributed by atoms with van der Waals surface area (Å²) in [7, 11) is 0. The number of nitrogens with zero attached hydrogens (tertiary/aromatic N) is 5. The van der Waals surface area contributed by atoms with Gasteiger partial charge in [0, 0.05) is 54.7 Å². The van der Waals surface area contributed by atoms with Gasteiger partial charge >= 0.3 is 0 Å². The molecule has 40 heavy (non-hydrogen) atoms. The van der Waals surface area contributed by atoms with E-state index in [4.69, 9.17) is 0 Å². The van der Waals surface area contributed by atoms with Crippen molar-refractivity contribution in [2.24, 2.45) is 0 Å². The molecule has 206 valence electrons. The molecule has 8 heteroatoms. The van der Waals surface area contributed by atoms with Crippen molar-refractivity contribution in [2.75, 3.05) is 25.4 Å². The first kappa shape index (κ1) is 27.6. The Morgan fingerprint density at radius 2 is 1.62 bits per heavy atom. The molecule has 1 aliphatic heterocycles. The standard InChI is InChI=1S/C32H35N5O2S/c1-23-15-17-27(18-16-23)37-30(26-11-5-4-6-12-26)33-34-32(37)40-21-9-14-29(38)35-19-20-36(25(3)22-35)31(39)28-13-8-7-10-24(28)2/h4-8,10-13,15-18,25H,9,14,19-22H2,1-3H3. The third-order valence-corrected chi connectivity index (χ3v) is 8.36. The van der Waals surface area contributed by atoms with Crippen molar-refractivity contribution in [3.8, 4) is 17.1 Å². The van der Waals surface area contributed by atoms with Gasteiger partial charge in [-0.2, -0.15) is 0 Å². The van der Waals surface area contributed by atoms with E-state index in [1.54, 1.807) is 11.8 Å². The van der Waals surface area contributed by atoms with E-state index in [1.165, 1.54) is 5.56 Å². The minimum Gasteiger partial charge on any atom is -0.339 e. The molecular formula is C32H35N5O2S. The fourth-order valence-electron chi connectivity index (χ4n) is 5.06. The van der Waals surface area contributed by atoms with Gasteiger partial charge in [-0.25, -0.2) is 0 Å². The summed E-state index contributed by atoms with van der Waals surface area (Å²) in [5.41, 5.74) is 4.93. The monoisotopic (exact) mass is 553 g/mol. The Balaban J connectivity index is 1.18. The molecule has 0 radical (unpaired) electrons. The van der Waals surface area contributed by atoms with Gasteiger partial charge < -0.3 is 9.80 Å². The van der Waals surface area contributed by atoms with Crippen LogP contribution in [0.4, 0.5) is 0 Å². The molecular weight excluding hydrogens is 518 g/mol. The zero-order valence-electron chi connectivity index (χ0n) is 23.3. The minimum absolute atomic E-state index is 0.0244. The third kappa shape index (κ3) is 6.12. The summed E-state index contributed by atoms with van der Waals surface area (Å²) < 4.78 is 2.09. The lowest BCUT2D eigenvalue weighted by atomic mass is 10.1. The molecule has 1 aromatic heterocycles. The van der Waals surface area contributed by atoms with Crippen LogP contribution in [0.15, 0.2) is 84.0 Å². The van der Waals surface area contributed by atoms with Gasteiger partial charge in [-0.05, 0) is 51.0 Å². The minimum atomic E-state index is -0.0244. The number of amides is 2. The summed E-state index contributed by atoms with van der Waals surface area (Å²) in [6, 6.07) is 26.1. The third-order valence-electron chi connectivity index (χ3n) is 7.34. The van der Waals surface area contributed by atoms with Gasteiger partial charge in [0.15, 0.2) is 11.0 Å². The van der Waals surface area contributed by atoms with E-state index in [-0.39, 0.29) is 17.9 Å². The van der Waals surface area contributed by atoms with Crippen molar-refractivity contribution in [3.63, 3.8) is 0 Å². The number of carbonyl (C=O) groups excluding carboxylic acids is 2. The zero-order valence-corrected chi connectivity index (χ0v) is 24.1. The first-order valence-electron chi connectivity index (χ1n) is 13.8. The Labute approximate surface area is 240 Å². The van der Waals surface area contributed by atoms with Gasteiger partial charge in [0.05, 0.1) is 0 Å². The predicted molar refractivity (Wildman–Crippen MR) is 160 cm³/mol. The van der Waals surface area contributed by atoms with Gasteiger partial charge in [-0.15, -0.1) is 10.2 Å². The number of aryl methyl sites for hydroxylation is 2. The lowest BCUT2D eigenvalue weighted by Crippen LogP contribution is -2.55. The Morgan fingerprint density at radius 3 is 2.35 bits per heavy atom. The number of piperazine rings is 1. The van der Waals surface area contributed by atoms with E-state index in [2.05, 4.69) is 46.0 Å². The van der Waals surface area contributed by atoms with Crippen LogP contribution < -0.4 is 0 Å². The topological polar surface area (TPSA) is 71.3 Å². The molecule has 0 aliphatic carbocycles. The molecule has 1 saturated heterocycles. The van der Waals surface area contributed by atoms with E-state index in [9.17, 15) is 9.59 Å². The largest absolute Gasteiger partial charge is 0.339 e. The number of hydrogen-bond acceptors (Lipinski definition) is 5. The van der Waals surface area contributed by atoms with Crippen LogP contribution in [0.5, 0.6) is 0 Å². The number of carbonyl (C=O) groups is 2. The van der Waals surface area contributed by atoms with Crippen LogP contribution in [-0.4, -0.2) is 67.8 Å². The van der Waals surface area contributed by atoms with Crippen LogP contribution in [0.3, 0.4) is 0 Å². The number of thioether (sulfide) groups is 1. The van der Waals surface area contributed by atoms with Crippen molar-refractivity contribution in [1.29, 1.82) is 0 Å². The molecule has 0 bridgehead atoms. The first-order valence-corrected chi connectivity index (χ1v) is 14.8. The van der Waals surface area contributed by atoms with Gasteiger partial charge in [-0.3, -0.25) is 14.2 Å². The smallest absolute Gasteiger partial charge is 0.254 e. The Bertz CT molecular complexity index is 1470. The summed E-state index contributed by atoms with van der Waals surface area (Å²) in [6.45, 7) is 7.73. The molecule has 0 N–H and O–H groups in total. The second-order valence-corrected chi connectivity index (χ2v) is 11.4. The zero-order chi connectivity index (χ0) is 28.1. The fraction of sp³-hybridized carbons (Fsp3) is 0.312. The lowest BCUT2D eigenvalue weighted by Gasteiger charge is -2.40. The molecule has 1 fully saturated rings. The summed E-state index contributed by atoms with van der Waals surface area (Å²) in [4.78, 5) is 29.9.